The molecule has 1 aliphatic rings. The number of aromatic nitrogens is 1. The van der Waals surface area contributed by atoms with Crippen molar-refractivity contribution in [3.63, 3.8) is 0 Å². The maximum absolute atomic E-state index is 13.6. The van der Waals surface area contributed by atoms with E-state index in [9.17, 15) is 18.0 Å². The van der Waals surface area contributed by atoms with Gasteiger partial charge in [0.15, 0.2) is 6.17 Å². The molecular formula is C11H10F3NO3. The van der Waals surface area contributed by atoms with Crippen LogP contribution in [0, 0.1) is 0 Å². The van der Waals surface area contributed by atoms with Crippen LogP contribution in [0.4, 0.5) is 13.2 Å². The minimum absolute atomic E-state index is 0.0636. The molecule has 2 heterocycles. The van der Waals surface area contributed by atoms with Crippen molar-refractivity contribution < 1.29 is 27.8 Å². The maximum atomic E-state index is 13.6. The minimum atomic E-state index is -3.21. The fraction of sp³-hybridized carbons (Fsp3) is 0.455. The Balaban J connectivity index is 2.48. The number of pyridine rings is 1. The summed E-state index contributed by atoms with van der Waals surface area (Å²) in [4.78, 5) is 14.4. The highest BCUT2D eigenvalue weighted by Crippen LogP contribution is 2.42. The van der Waals surface area contributed by atoms with Crippen molar-refractivity contribution in [1.82, 2.24) is 4.98 Å². The van der Waals surface area contributed by atoms with Crippen molar-refractivity contribution in [2.45, 2.75) is 31.7 Å². The molecule has 0 radical (unpaired) electrons. The number of fused-ring (bicyclic) bond motifs is 1. The second-order valence-electron chi connectivity index (χ2n) is 4.16. The van der Waals surface area contributed by atoms with Gasteiger partial charge in [0.1, 0.15) is 11.3 Å². The Morgan fingerprint density at radius 1 is 1.56 bits per heavy atom. The molecule has 0 spiro atoms. The van der Waals surface area contributed by atoms with E-state index < -0.39 is 24.2 Å². The number of halogens is 3. The number of hydrogen-bond donors (Lipinski definition) is 1. The number of hydrogen-bond acceptors (Lipinski definition) is 3. The van der Waals surface area contributed by atoms with Crippen LogP contribution in [0.3, 0.4) is 0 Å². The van der Waals surface area contributed by atoms with Gasteiger partial charge in [-0.05, 0) is 18.6 Å². The largest absolute Gasteiger partial charge is 0.477 e. The Morgan fingerprint density at radius 3 is 2.78 bits per heavy atom. The van der Waals surface area contributed by atoms with Gasteiger partial charge in [-0.3, -0.25) is 0 Å². The van der Waals surface area contributed by atoms with Gasteiger partial charge < -0.3 is 9.84 Å². The highest BCUT2D eigenvalue weighted by molar-refractivity contribution is 5.85. The van der Waals surface area contributed by atoms with E-state index in [4.69, 9.17) is 9.84 Å². The molecule has 1 aromatic rings. The Hall–Kier alpha value is -1.63. The van der Waals surface area contributed by atoms with E-state index in [2.05, 4.69) is 4.98 Å². The lowest BCUT2D eigenvalue weighted by molar-refractivity contribution is -0.125. The highest BCUT2D eigenvalue weighted by atomic mass is 19.3. The Kier molecular flexibility index (Phi) is 3.02. The molecule has 0 fully saturated rings. The molecule has 2 unspecified atom stereocenters. The summed E-state index contributed by atoms with van der Waals surface area (Å²) in [5, 5.41) is 8.79. The van der Waals surface area contributed by atoms with Gasteiger partial charge >= 0.3 is 5.97 Å². The summed E-state index contributed by atoms with van der Waals surface area (Å²) in [5.41, 5.74) is -1.63. The second kappa shape index (κ2) is 4.24. The first kappa shape index (κ1) is 12.8. The molecule has 0 amide bonds. The smallest absolute Gasteiger partial charge is 0.354 e. The zero-order valence-electron chi connectivity index (χ0n) is 9.36. The first-order valence-corrected chi connectivity index (χ1v) is 5.15. The van der Waals surface area contributed by atoms with Gasteiger partial charge in [-0.1, -0.05) is 0 Å². The lowest BCUT2D eigenvalue weighted by Crippen LogP contribution is -2.38. The molecular weight excluding hydrogens is 251 g/mol. The van der Waals surface area contributed by atoms with Crippen LogP contribution in [-0.4, -0.2) is 28.7 Å². The fourth-order valence-corrected chi connectivity index (χ4v) is 1.95. The lowest BCUT2D eigenvalue weighted by Gasteiger charge is -2.28. The number of ether oxygens (including phenoxy) is 1. The number of carbonyl (C=O) groups is 1. The number of carboxylic acid groups (broad SMARTS) is 1. The number of alkyl halides is 3. The van der Waals surface area contributed by atoms with E-state index in [1.54, 1.807) is 0 Å². The van der Waals surface area contributed by atoms with E-state index in [0.717, 1.165) is 6.07 Å². The summed E-state index contributed by atoms with van der Waals surface area (Å²) in [6, 6.07) is 1.08. The van der Waals surface area contributed by atoms with Gasteiger partial charge in [0.25, 0.3) is 6.43 Å². The van der Waals surface area contributed by atoms with Crippen LogP contribution in [0.2, 0.25) is 0 Å². The third-order valence-corrected chi connectivity index (χ3v) is 3.02. The van der Waals surface area contributed by atoms with E-state index in [-0.39, 0.29) is 17.9 Å². The van der Waals surface area contributed by atoms with Crippen LogP contribution >= 0.6 is 0 Å². The quantitative estimate of drug-likeness (QED) is 0.905. The van der Waals surface area contributed by atoms with Gasteiger partial charge in [-0.25, -0.2) is 22.9 Å². The van der Waals surface area contributed by atoms with Crippen LogP contribution in [-0.2, 0) is 16.9 Å². The average Bonchev–Trinajstić information content (AvgIpc) is 2.66. The monoisotopic (exact) mass is 261 g/mol. The van der Waals surface area contributed by atoms with Crippen LogP contribution < -0.4 is 0 Å². The van der Waals surface area contributed by atoms with Crippen molar-refractivity contribution in [3.8, 4) is 0 Å². The fourth-order valence-electron chi connectivity index (χ4n) is 1.95. The Bertz CT molecular complexity index is 494. The summed E-state index contributed by atoms with van der Waals surface area (Å²) in [7, 11) is 0. The standard InChI is InChI=1S/C11H10F3NO3/c1-11(8(12)9(13)14)6-2-7(10(16)17)15-3-5(6)4-18-11/h2-3,8-9H,4H2,1H3,(H,16,17). The predicted octanol–water partition coefficient (Wildman–Crippen LogP) is 2.13. The molecule has 7 heteroatoms. The van der Waals surface area contributed by atoms with E-state index in [0.29, 0.717) is 5.56 Å². The number of aromatic carboxylic acids is 1. The van der Waals surface area contributed by atoms with Crippen molar-refractivity contribution in [1.29, 1.82) is 0 Å². The summed E-state index contributed by atoms with van der Waals surface area (Å²) >= 11 is 0. The van der Waals surface area contributed by atoms with Crippen LogP contribution in [0.5, 0.6) is 0 Å². The zero-order chi connectivity index (χ0) is 13.5. The average molecular weight is 261 g/mol. The van der Waals surface area contributed by atoms with Gasteiger partial charge in [0.05, 0.1) is 6.61 Å². The van der Waals surface area contributed by atoms with Gasteiger partial charge in [-0.15, -0.1) is 0 Å². The SMILES string of the molecule is CC1(C(F)C(F)F)OCc2cnc(C(=O)O)cc21. The van der Waals surface area contributed by atoms with Gasteiger partial charge in [0, 0.05) is 11.8 Å². The minimum Gasteiger partial charge on any atom is -0.477 e. The molecule has 0 saturated heterocycles. The maximum Gasteiger partial charge on any atom is 0.354 e. The van der Waals surface area contributed by atoms with Crippen LogP contribution in [0.15, 0.2) is 12.3 Å². The highest BCUT2D eigenvalue weighted by Gasteiger charge is 2.48. The number of rotatable bonds is 3. The van der Waals surface area contributed by atoms with Crippen LogP contribution in [0.1, 0.15) is 28.5 Å². The molecule has 4 nitrogen and oxygen atoms in total. The van der Waals surface area contributed by atoms with E-state index in [1.165, 1.54) is 13.1 Å². The third-order valence-electron chi connectivity index (χ3n) is 3.02. The molecule has 2 atom stereocenters. The summed E-state index contributed by atoms with van der Waals surface area (Å²) in [5.74, 6) is -1.31. The lowest BCUT2D eigenvalue weighted by atomic mass is 9.90. The van der Waals surface area contributed by atoms with Crippen molar-refractivity contribution in [3.05, 3.63) is 29.1 Å². The molecule has 2 rings (SSSR count). The molecule has 18 heavy (non-hydrogen) atoms. The molecule has 0 aliphatic carbocycles. The second-order valence-corrected chi connectivity index (χ2v) is 4.16. The summed E-state index contributed by atoms with van der Waals surface area (Å²) in [6.45, 7) is 1.12. The van der Waals surface area contributed by atoms with Gasteiger partial charge in [-0.2, -0.15) is 0 Å². The van der Waals surface area contributed by atoms with E-state index >= 15 is 0 Å². The number of carboxylic acids is 1. The number of nitrogens with zero attached hydrogens (tertiary/aromatic N) is 1. The zero-order valence-corrected chi connectivity index (χ0v) is 9.36. The molecule has 1 aromatic heterocycles. The molecule has 0 bridgehead atoms. The normalized spacial score (nSPS) is 24.1. The Labute approximate surface area is 100 Å². The summed E-state index contributed by atoms with van der Waals surface area (Å²) in [6.07, 6.45) is -4.52. The molecule has 98 valence electrons. The predicted molar refractivity (Wildman–Crippen MR) is 54.2 cm³/mol. The summed E-state index contributed by atoms with van der Waals surface area (Å²) < 4.78 is 43.6. The molecule has 0 aromatic carbocycles. The Morgan fingerprint density at radius 2 is 2.22 bits per heavy atom. The topological polar surface area (TPSA) is 59.4 Å². The van der Waals surface area contributed by atoms with Crippen molar-refractivity contribution >= 4 is 5.97 Å². The van der Waals surface area contributed by atoms with Crippen molar-refractivity contribution in [2.24, 2.45) is 0 Å². The third kappa shape index (κ3) is 1.84. The van der Waals surface area contributed by atoms with Gasteiger partial charge in [0.2, 0.25) is 0 Å². The first-order chi connectivity index (χ1) is 8.36. The van der Waals surface area contributed by atoms with Crippen molar-refractivity contribution in [2.75, 3.05) is 0 Å². The molecule has 0 saturated carbocycles. The molecule has 1 N–H and O–H groups in total. The van der Waals surface area contributed by atoms with E-state index in [1.807, 2.05) is 0 Å². The first-order valence-electron chi connectivity index (χ1n) is 5.15. The molecule has 1 aliphatic heterocycles. The van der Waals surface area contributed by atoms with Crippen LogP contribution in [0.25, 0.3) is 0 Å².